The minimum atomic E-state index is 0.709. The molecule has 0 aliphatic heterocycles. The number of aromatic nitrogens is 2. The van der Waals surface area contributed by atoms with Crippen LogP contribution in [-0.4, -0.2) is 30.2 Å². The summed E-state index contributed by atoms with van der Waals surface area (Å²) in [7, 11) is 1.70. The molecule has 20 heavy (non-hydrogen) atoms. The Balaban J connectivity index is 1.90. The van der Waals surface area contributed by atoms with Gasteiger partial charge in [0.25, 0.3) is 0 Å². The summed E-state index contributed by atoms with van der Waals surface area (Å²) in [6.07, 6.45) is 4.48. The van der Waals surface area contributed by atoms with Crippen LogP contribution in [0.1, 0.15) is 17.0 Å². The van der Waals surface area contributed by atoms with Gasteiger partial charge in [0.1, 0.15) is 5.82 Å². The lowest BCUT2D eigenvalue weighted by Gasteiger charge is -2.06. The van der Waals surface area contributed by atoms with Gasteiger partial charge < -0.3 is 10.1 Å². The molecule has 4 nitrogen and oxygen atoms in total. The van der Waals surface area contributed by atoms with E-state index in [2.05, 4.69) is 37.3 Å². The Labute approximate surface area is 127 Å². The van der Waals surface area contributed by atoms with Crippen LogP contribution in [0.5, 0.6) is 0 Å². The van der Waals surface area contributed by atoms with Crippen molar-refractivity contribution in [1.82, 2.24) is 15.3 Å². The minimum Gasteiger partial charge on any atom is -0.383 e. The molecule has 1 aromatic carbocycles. The Kier molecular flexibility index (Phi) is 6.11. The molecular weight excluding hydrogens is 318 g/mol. The van der Waals surface area contributed by atoms with E-state index in [9.17, 15) is 0 Å². The molecule has 0 atom stereocenters. The van der Waals surface area contributed by atoms with E-state index >= 15 is 0 Å². The number of nitrogens with zero attached hydrogens (tertiary/aromatic N) is 2. The van der Waals surface area contributed by atoms with Crippen LogP contribution in [0.25, 0.3) is 0 Å². The van der Waals surface area contributed by atoms with E-state index in [0.29, 0.717) is 6.61 Å². The fourth-order valence-electron chi connectivity index (χ4n) is 1.78. The summed E-state index contributed by atoms with van der Waals surface area (Å²) in [4.78, 5) is 8.82. The Morgan fingerprint density at radius 1 is 1.20 bits per heavy atom. The van der Waals surface area contributed by atoms with Gasteiger partial charge >= 0.3 is 0 Å². The van der Waals surface area contributed by atoms with Gasteiger partial charge in [-0.3, -0.25) is 0 Å². The second kappa shape index (κ2) is 8.09. The molecule has 0 aliphatic carbocycles. The summed E-state index contributed by atoms with van der Waals surface area (Å²) in [6, 6.07) is 8.13. The van der Waals surface area contributed by atoms with Crippen molar-refractivity contribution in [3.8, 4) is 0 Å². The van der Waals surface area contributed by atoms with E-state index < -0.39 is 0 Å². The first-order valence-corrected chi connectivity index (χ1v) is 7.31. The largest absolute Gasteiger partial charge is 0.383 e. The van der Waals surface area contributed by atoms with Crippen LogP contribution in [0.15, 0.2) is 41.1 Å². The first kappa shape index (κ1) is 15.1. The molecule has 0 aliphatic rings. The van der Waals surface area contributed by atoms with Crippen molar-refractivity contribution in [2.45, 2.75) is 13.0 Å². The number of hydrogen-bond donors (Lipinski definition) is 1. The Morgan fingerprint density at radius 3 is 2.65 bits per heavy atom. The number of halogens is 1. The highest BCUT2D eigenvalue weighted by molar-refractivity contribution is 9.10. The summed E-state index contributed by atoms with van der Waals surface area (Å²) in [5.41, 5.74) is 2.27. The van der Waals surface area contributed by atoms with E-state index in [0.717, 1.165) is 35.4 Å². The van der Waals surface area contributed by atoms with Crippen LogP contribution in [-0.2, 0) is 17.7 Å². The van der Waals surface area contributed by atoms with Crippen LogP contribution in [0.4, 0.5) is 0 Å². The van der Waals surface area contributed by atoms with Gasteiger partial charge in [-0.1, -0.05) is 34.1 Å². The third kappa shape index (κ3) is 4.67. The lowest BCUT2D eigenvalue weighted by Crippen LogP contribution is -2.18. The van der Waals surface area contributed by atoms with E-state index in [-0.39, 0.29) is 0 Å². The highest BCUT2D eigenvalue weighted by atomic mass is 79.9. The number of benzene rings is 1. The molecule has 2 rings (SSSR count). The summed E-state index contributed by atoms with van der Waals surface area (Å²) in [5.74, 6) is 0.831. The maximum absolute atomic E-state index is 4.98. The van der Waals surface area contributed by atoms with Crippen LogP contribution in [0.2, 0.25) is 0 Å². The number of ether oxygens (including phenoxy) is 1. The molecule has 1 N–H and O–H groups in total. The summed E-state index contributed by atoms with van der Waals surface area (Å²) < 4.78 is 6.07. The van der Waals surface area contributed by atoms with Crippen molar-refractivity contribution >= 4 is 15.9 Å². The molecule has 5 heteroatoms. The van der Waals surface area contributed by atoms with Gasteiger partial charge in [-0.05, 0) is 11.6 Å². The first-order chi connectivity index (χ1) is 9.79. The highest BCUT2D eigenvalue weighted by Gasteiger charge is 2.03. The smallest absolute Gasteiger partial charge is 0.132 e. The molecule has 0 bridgehead atoms. The molecule has 106 valence electrons. The van der Waals surface area contributed by atoms with Gasteiger partial charge in [-0.2, -0.15) is 0 Å². The molecular formula is C15H18BrN3O. The van der Waals surface area contributed by atoms with Gasteiger partial charge in [-0.15, -0.1) is 0 Å². The number of methoxy groups -OCH3 is 1. The average molecular weight is 336 g/mol. The maximum atomic E-state index is 4.98. The van der Waals surface area contributed by atoms with Crippen molar-refractivity contribution in [3.63, 3.8) is 0 Å². The lowest BCUT2D eigenvalue weighted by molar-refractivity contribution is 0.199. The van der Waals surface area contributed by atoms with Crippen molar-refractivity contribution in [3.05, 3.63) is 58.1 Å². The molecule has 0 radical (unpaired) electrons. The van der Waals surface area contributed by atoms with E-state index in [1.165, 1.54) is 5.56 Å². The summed E-state index contributed by atoms with van der Waals surface area (Å²) in [6.45, 7) is 2.30. The van der Waals surface area contributed by atoms with Crippen molar-refractivity contribution in [2.24, 2.45) is 0 Å². The van der Waals surface area contributed by atoms with Gasteiger partial charge in [-0.25, -0.2) is 9.97 Å². The topological polar surface area (TPSA) is 47.0 Å². The Morgan fingerprint density at radius 2 is 1.95 bits per heavy atom. The van der Waals surface area contributed by atoms with Crippen LogP contribution < -0.4 is 5.32 Å². The van der Waals surface area contributed by atoms with Gasteiger partial charge in [0, 0.05) is 49.0 Å². The molecule has 1 aromatic heterocycles. The monoisotopic (exact) mass is 335 g/mol. The normalized spacial score (nSPS) is 10.7. The molecule has 2 aromatic rings. The fraction of sp³-hybridized carbons (Fsp3) is 0.333. The second-order valence-corrected chi connectivity index (χ2v) is 5.30. The van der Waals surface area contributed by atoms with E-state index in [4.69, 9.17) is 4.74 Å². The summed E-state index contributed by atoms with van der Waals surface area (Å²) in [5, 5.41) is 3.27. The zero-order chi connectivity index (χ0) is 14.2. The van der Waals surface area contributed by atoms with Crippen molar-refractivity contribution < 1.29 is 4.74 Å². The van der Waals surface area contributed by atoms with E-state index in [1.54, 1.807) is 7.11 Å². The van der Waals surface area contributed by atoms with Crippen molar-refractivity contribution in [2.75, 3.05) is 20.3 Å². The second-order valence-electron chi connectivity index (χ2n) is 4.45. The molecule has 0 unspecified atom stereocenters. The SMILES string of the molecule is COCCNCc1cnc(Cc2ccccc2Br)nc1. The number of rotatable bonds is 7. The number of hydrogen-bond acceptors (Lipinski definition) is 4. The van der Waals surface area contributed by atoms with Gasteiger partial charge in [0.2, 0.25) is 0 Å². The quantitative estimate of drug-likeness (QED) is 0.790. The third-order valence-electron chi connectivity index (χ3n) is 2.88. The standard InChI is InChI=1S/C15H18BrN3O/c1-20-7-6-17-9-12-10-18-15(19-11-12)8-13-4-2-3-5-14(13)16/h2-5,10-11,17H,6-9H2,1H3. The molecule has 0 amide bonds. The van der Waals surface area contributed by atoms with Gasteiger partial charge in [0.05, 0.1) is 6.61 Å². The van der Waals surface area contributed by atoms with Crippen LogP contribution in [0.3, 0.4) is 0 Å². The Bertz CT molecular complexity index is 531. The first-order valence-electron chi connectivity index (χ1n) is 6.52. The predicted molar refractivity (Wildman–Crippen MR) is 82.6 cm³/mol. The van der Waals surface area contributed by atoms with Crippen molar-refractivity contribution in [1.29, 1.82) is 0 Å². The lowest BCUT2D eigenvalue weighted by atomic mass is 10.1. The van der Waals surface area contributed by atoms with Crippen LogP contribution >= 0.6 is 15.9 Å². The average Bonchev–Trinajstić information content (AvgIpc) is 2.48. The van der Waals surface area contributed by atoms with E-state index in [1.807, 2.05) is 30.6 Å². The minimum absolute atomic E-state index is 0.709. The molecule has 0 saturated carbocycles. The third-order valence-corrected chi connectivity index (χ3v) is 3.65. The zero-order valence-corrected chi connectivity index (χ0v) is 13.1. The predicted octanol–water partition coefficient (Wildman–Crippen LogP) is 2.57. The van der Waals surface area contributed by atoms with Crippen LogP contribution in [0, 0.1) is 0 Å². The molecule has 0 spiro atoms. The zero-order valence-electron chi connectivity index (χ0n) is 11.5. The van der Waals surface area contributed by atoms with Gasteiger partial charge in [0.15, 0.2) is 0 Å². The maximum Gasteiger partial charge on any atom is 0.132 e. The summed E-state index contributed by atoms with van der Waals surface area (Å²) >= 11 is 3.54. The Hall–Kier alpha value is -1.30. The molecule has 0 saturated heterocycles. The molecule has 0 fully saturated rings. The fourth-order valence-corrected chi connectivity index (χ4v) is 2.21. The number of nitrogens with one attached hydrogen (secondary N) is 1. The highest BCUT2D eigenvalue weighted by Crippen LogP contribution is 2.17. The molecule has 1 heterocycles.